The summed E-state index contributed by atoms with van der Waals surface area (Å²) >= 11 is 0. The Morgan fingerprint density at radius 1 is 0.273 bits per heavy atom. The topological polar surface area (TPSA) is 78.9 Å². The number of ether oxygens (including phenoxy) is 3. The maximum atomic E-state index is 12.9. The van der Waals surface area contributed by atoms with Gasteiger partial charge in [0.15, 0.2) is 6.10 Å². The minimum absolute atomic E-state index is 0.0788. The molecule has 0 heterocycles. The Kier molecular flexibility index (Phi) is 62.2. The smallest absolute Gasteiger partial charge is 0.306 e. The lowest BCUT2D eigenvalue weighted by atomic mass is 10.0. The van der Waals surface area contributed by atoms with Gasteiger partial charge < -0.3 is 14.2 Å². The van der Waals surface area contributed by atoms with Crippen molar-refractivity contribution in [3.63, 3.8) is 0 Å². The first-order valence-electron chi connectivity index (χ1n) is 33.1. The zero-order valence-corrected chi connectivity index (χ0v) is 51.0. The molecule has 0 rings (SSSR count). The summed E-state index contributed by atoms with van der Waals surface area (Å²) < 4.78 is 16.9. The summed E-state index contributed by atoms with van der Waals surface area (Å²) in [7, 11) is 0. The maximum absolute atomic E-state index is 12.9. The normalized spacial score (nSPS) is 12.6. The number of rotatable bonds is 60. The van der Waals surface area contributed by atoms with Gasteiger partial charge in [-0.1, -0.05) is 305 Å². The van der Waals surface area contributed by atoms with Gasteiger partial charge in [-0.15, -0.1) is 0 Å². The zero-order valence-electron chi connectivity index (χ0n) is 51.0. The molecule has 0 aliphatic carbocycles. The second kappa shape index (κ2) is 65.1. The van der Waals surface area contributed by atoms with Gasteiger partial charge in [-0.05, 0) is 89.9 Å². The van der Waals surface area contributed by atoms with Gasteiger partial charge in [-0.25, -0.2) is 0 Å². The fraction of sp³-hybridized carbons (Fsp3) is 0.761. The molecule has 0 fully saturated rings. The van der Waals surface area contributed by atoms with E-state index < -0.39 is 6.10 Å². The third-order valence-corrected chi connectivity index (χ3v) is 14.4. The zero-order chi connectivity index (χ0) is 55.7. The number of hydrogen-bond donors (Lipinski definition) is 0. The van der Waals surface area contributed by atoms with Crippen molar-refractivity contribution in [1.29, 1.82) is 0 Å². The second-order valence-electron chi connectivity index (χ2n) is 22.0. The number of unbranched alkanes of at least 4 members (excludes halogenated alkanes) is 35. The standard InChI is InChI=1S/C71H124O6/c1-4-7-10-13-16-19-22-25-28-30-31-32-33-34-35-36-37-38-39-41-43-46-49-52-55-58-61-64-70(73)76-67-68(66-75-69(72)63-60-57-54-51-48-45-42-27-24-21-18-15-12-9-6-3)77-71(74)65-62-59-56-53-50-47-44-40-29-26-23-20-17-14-11-8-5-2/h7,9-10,12,16,18-19,21,25,27-28,31-32,42,68H,4-6,8,11,13-15,17,20,22-24,26,29-30,33-41,43-67H2,1-3H3/b10-7-,12-9-,19-16-,21-18-,28-25-,32-31-,42-27-. The van der Waals surface area contributed by atoms with Crippen LogP contribution >= 0.6 is 0 Å². The Morgan fingerprint density at radius 3 is 0.792 bits per heavy atom. The third kappa shape index (κ3) is 63.3. The molecule has 0 aromatic heterocycles. The highest BCUT2D eigenvalue weighted by molar-refractivity contribution is 5.71. The van der Waals surface area contributed by atoms with E-state index in [4.69, 9.17) is 14.2 Å². The average molecular weight is 1070 g/mol. The van der Waals surface area contributed by atoms with E-state index in [1.165, 1.54) is 167 Å². The summed E-state index contributed by atoms with van der Waals surface area (Å²) in [6, 6.07) is 0. The van der Waals surface area contributed by atoms with Crippen LogP contribution in [0.4, 0.5) is 0 Å². The van der Waals surface area contributed by atoms with Gasteiger partial charge in [-0.3, -0.25) is 14.4 Å². The Morgan fingerprint density at radius 2 is 0.506 bits per heavy atom. The molecule has 0 amide bonds. The molecule has 1 atom stereocenters. The molecule has 0 aliphatic heterocycles. The molecule has 0 aliphatic rings. The molecule has 0 saturated heterocycles. The van der Waals surface area contributed by atoms with E-state index in [9.17, 15) is 14.4 Å². The van der Waals surface area contributed by atoms with Crippen molar-refractivity contribution in [2.24, 2.45) is 0 Å². The van der Waals surface area contributed by atoms with E-state index in [-0.39, 0.29) is 31.1 Å². The Balaban J connectivity index is 4.28. The van der Waals surface area contributed by atoms with Crippen LogP contribution in [0, 0.1) is 0 Å². The van der Waals surface area contributed by atoms with Crippen LogP contribution in [0.15, 0.2) is 85.1 Å². The lowest BCUT2D eigenvalue weighted by molar-refractivity contribution is -0.167. The largest absolute Gasteiger partial charge is 0.462 e. The molecule has 0 aromatic carbocycles. The monoisotopic (exact) mass is 1070 g/mol. The van der Waals surface area contributed by atoms with Gasteiger partial charge in [0.2, 0.25) is 0 Å². The van der Waals surface area contributed by atoms with Crippen LogP contribution in [-0.4, -0.2) is 37.2 Å². The lowest BCUT2D eigenvalue weighted by Gasteiger charge is -2.18. The first-order chi connectivity index (χ1) is 38.0. The number of esters is 3. The molecule has 1 unspecified atom stereocenters. The second-order valence-corrected chi connectivity index (χ2v) is 22.0. The summed E-state index contributed by atoms with van der Waals surface area (Å²) in [5.74, 6) is -0.879. The van der Waals surface area contributed by atoms with Gasteiger partial charge in [0.25, 0.3) is 0 Å². The average Bonchev–Trinajstić information content (AvgIpc) is 3.43. The molecule has 444 valence electrons. The van der Waals surface area contributed by atoms with Crippen molar-refractivity contribution in [2.45, 2.75) is 335 Å². The molecule has 0 aromatic rings. The predicted octanol–water partition coefficient (Wildman–Crippen LogP) is 22.7. The molecule has 77 heavy (non-hydrogen) atoms. The highest BCUT2D eigenvalue weighted by Gasteiger charge is 2.19. The maximum Gasteiger partial charge on any atom is 0.306 e. The first-order valence-corrected chi connectivity index (χ1v) is 33.1. The van der Waals surface area contributed by atoms with Gasteiger partial charge in [0.05, 0.1) is 0 Å². The van der Waals surface area contributed by atoms with E-state index >= 15 is 0 Å². The highest BCUT2D eigenvalue weighted by Crippen LogP contribution is 2.17. The molecular weight excluding hydrogens is 949 g/mol. The van der Waals surface area contributed by atoms with Crippen LogP contribution in [0.5, 0.6) is 0 Å². The Bertz CT molecular complexity index is 1470. The van der Waals surface area contributed by atoms with Crippen LogP contribution in [-0.2, 0) is 28.6 Å². The van der Waals surface area contributed by atoms with Crippen LogP contribution in [0.2, 0.25) is 0 Å². The quantitative estimate of drug-likeness (QED) is 0.0261. The van der Waals surface area contributed by atoms with E-state index in [2.05, 4.69) is 106 Å². The minimum Gasteiger partial charge on any atom is -0.462 e. The molecule has 6 nitrogen and oxygen atoms in total. The van der Waals surface area contributed by atoms with Gasteiger partial charge in [0, 0.05) is 19.3 Å². The Labute approximate surface area is 477 Å². The van der Waals surface area contributed by atoms with Crippen molar-refractivity contribution >= 4 is 17.9 Å². The van der Waals surface area contributed by atoms with Crippen molar-refractivity contribution in [1.82, 2.24) is 0 Å². The van der Waals surface area contributed by atoms with Gasteiger partial charge in [0.1, 0.15) is 13.2 Å². The van der Waals surface area contributed by atoms with Crippen molar-refractivity contribution in [2.75, 3.05) is 13.2 Å². The molecule has 6 heteroatoms. The van der Waals surface area contributed by atoms with Crippen LogP contribution in [0.25, 0.3) is 0 Å². The van der Waals surface area contributed by atoms with Gasteiger partial charge in [-0.2, -0.15) is 0 Å². The summed E-state index contributed by atoms with van der Waals surface area (Å²) in [4.78, 5) is 38.4. The number of carbonyl (C=O) groups excluding carboxylic acids is 3. The fourth-order valence-electron chi connectivity index (χ4n) is 9.51. The number of carbonyl (C=O) groups is 3. The van der Waals surface area contributed by atoms with E-state index in [1.54, 1.807) is 0 Å². The fourth-order valence-corrected chi connectivity index (χ4v) is 9.51. The van der Waals surface area contributed by atoms with Gasteiger partial charge >= 0.3 is 17.9 Å². The molecule has 0 radical (unpaired) electrons. The SMILES string of the molecule is CC/C=C\C/C=C\C/C=C\C/C=C\CCCCCCCCCCCCCCCCC(=O)OCC(COC(=O)CCCCCCC/C=C\C/C=C\C/C=C\CC)OC(=O)CCCCCCCCCCCCCCCCCCC. The molecule has 0 spiro atoms. The van der Waals surface area contributed by atoms with Crippen LogP contribution in [0.3, 0.4) is 0 Å². The third-order valence-electron chi connectivity index (χ3n) is 14.4. The van der Waals surface area contributed by atoms with E-state index in [0.29, 0.717) is 19.3 Å². The summed E-state index contributed by atoms with van der Waals surface area (Å²) in [5.41, 5.74) is 0. The molecular formula is C71H124O6. The first kappa shape index (κ1) is 73.6. The van der Waals surface area contributed by atoms with E-state index in [0.717, 1.165) is 122 Å². The van der Waals surface area contributed by atoms with Crippen molar-refractivity contribution in [3.05, 3.63) is 85.1 Å². The lowest BCUT2D eigenvalue weighted by Crippen LogP contribution is -2.30. The number of allylic oxidation sites excluding steroid dienone is 14. The van der Waals surface area contributed by atoms with Crippen molar-refractivity contribution in [3.8, 4) is 0 Å². The molecule has 0 bridgehead atoms. The highest BCUT2D eigenvalue weighted by atomic mass is 16.6. The molecule has 0 N–H and O–H groups in total. The molecule has 0 saturated carbocycles. The van der Waals surface area contributed by atoms with Crippen molar-refractivity contribution < 1.29 is 28.6 Å². The summed E-state index contributed by atoms with van der Waals surface area (Å²) in [5, 5.41) is 0. The summed E-state index contributed by atoms with van der Waals surface area (Å²) in [6.07, 6.45) is 86.0. The number of hydrogen-bond acceptors (Lipinski definition) is 6. The Hall–Kier alpha value is -3.41. The van der Waals surface area contributed by atoms with Crippen LogP contribution in [0.1, 0.15) is 329 Å². The predicted molar refractivity (Wildman–Crippen MR) is 334 cm³/mol. The summed E-state index contributed by atoms with van der Waals surface area (Å²) in [6.45, 7) is 6.45. The van der Waals surface area contributed by atoms with Crippen LogP contribution < -0.4 is 0 Å². The minimum atomic E-state index is -0.783. The van der Waals surface area contributed by atoms with E-state index in [1.807, 2.05) is 0 Å².